The lowest BCUT2D eigenvalue weighted by atomic mass is 10.0. The van der Waals surface area contributed by atoms with Gasteiger partial charge in [0, 0.05) is 30.4 Å². The van der Waals surface area contributed by atoms with E-state index in [1.165, 1.54) is 7.11 Å². The molecule has 2 N–H and O–H groups in total. The number of hydrogen-bond donors (Lipinski definition) is 2. The third-order valence-electron chi connectivity index (χ3n) is 4.89. The van der Waals surface area contributed by atoms with Gasteiger partial charge in [-0.1, -0.05) is 44.2 Å². The van der Waals surface area contributed by atoms with Crippen LogP contribution in [-0.4, -0.2) is 55.9 Å². The molecule has 2 aromatic carbocycles. The van der Waals surface area contributed by atoms with E-state index in [0.717, 1.165) is 25.3 Å². The topological polar surface area (TPSA) is 70.7 Å². The van der Waals surface area contributed by atoms with E-state index >= 15 is 0 Å². The number of ketones is 1. The summed E-state index contributed by atoms with van der Waals surface area (Å²) >= 11 is 0. The van der Waals surface area contributed by atoms with Crippen molar-refractivity contribution in [3.63, 3.8) is 0 Å². The standard InChI is InChI=1S/C23H31N3O3/c1-5-26(6-2)15-14-24-23(28)20-13-12-19(16-21(20)29-4)25-17(3)22(27)18-10-8-7-9-11-18/h7-13,16-17,25H,5-6,14-15H2,1-4H3,(H,24,28). The summed E-state index contributed by atoms with van der Waals surface area (Å²) in [6.07, 6.45) is 0. The van der Waals surface area contributed by atoms with Crippen molar-refractivity contribution < 1.29 is 14.3 Å². The van der Waals surface area contributed by atoms with Crippen LogP contribution in [0.15, 0.2) is 48.5 Å². The minimum Gasteiger partial charge on any atom is -0.496 e. The minimum absolute atomic E-state index is 0.00258. The molecule has 2 rings (SSSR count). The molecule has 0 aliphatic rings. The van der Waals surface area contributed by atoms with E-state index in [0.29, 0.717) is 23.4 Å². The number of Topliss-reactive ketones (excluding diaryl/α,β-unsaturated/α-hetero) is 1. The summed E-state index contributed by atoms with van der Waals surface area (Å²) in [7, 11) is 1.53. The first kappa shape index (κ1) is 22.4. The summed E-state index contributed by atoms with van der Waals surface area (Å²) in [4.78, 5) is 27.3. The molecule has 6 heteroatoms. The van der Waals surface area contributed by atoms with Crippen LogP contribution in [0.25, 0.3) is 0 Å². The average Bonchev–Trinajstić information content (AvgIpc) is 2.76. The molecule has 0 radical (unpaired) electrons. The molecule has 0 saturated heterocycles. The number of likely N-dealkylation sites (N-methyl/N-ethyl adjacent to an activating group) is 1. The summed E-state index contributed by atoms with van der Waals surface area (Å²) in [5.41, 5.74) is 1.85. The fourth-order valence-electron chi connectivity index (χ4n) is 3.10. The van der Waals surface area contributed by atoms with Gasteiger partial charge in [0.15, 0.2) is 5.78 Å². The Labute approximate surface area is 173 Å². The summed E-state index contributed by atoms with van der Waals surface area (Å²) in [6, 6.07) is 14.0. The maximum absolute atomic E-state index is 12.5. The molecule has 0 aliphatic carbocycles. The van der Waals surface area contributed by atoms with Gasteiger partial charge in [-0.15, -0.1) is 0 Å². The molecule has 0 heterocycles. The smallest absolute Gasteiger partial charge is 0.255 e. The first-order chi connectivity index (χ1) is 14.0. The number of nitrogens with zero attached hydrogens (tertiary/aromatic N) is 1. The molecule has 0 aliphatic heterocycles. The third kappa shape index (κ3) is 6.32. The zero-order chi connectivity index (χ0) is 21.2. The van der Waals surface area contributed by atoms with Crippen molar-refractivity contribution in [1.29, 1.82) is 0 Å². The molecule has 156 valence electrons. The molecule has 1 amide bonds. The normalized spacial score (nSPS) is 11.8. The van der Waals surface area contributed by atoms with Gasteiger partial charge in [-0.25, -0.2) is 0 Å². The number of carbonyl (C=O) groups is 2. The van der Waals surface area contributed by atoms with Crippen molar-refractivity contribution >= 4 is 17.4 Å². The van der Waals surface area contributed by atoms with Crippen LogP contribution in [0.1, 0.15) is 41.5 Å². The van der Waals surface area contributed by atoms with Crippen molar-refractivity contribution in [3.05, 3.63) is 59.7 Å². The van der Waals surface area contributed by atoms with Gasteiger partial charge in [0.05, 0.1) is 18.7 Å². The van der Waals surface area contributed by atoms with Crippen LogP contribution in [-0.2, 0) is 0 Å². The lowest BCUT2D eigenvalue weighted by Gasteiger charge is -2.19. The van der Waals surface area contributed by atoms with E-state index in [2.05, 4.69) is 29.4 Å². The van der Waals surface area contributed by atoms with Crippen LogP contribution in [0.5, 0.6) is 5.75 Å². The number of nitrogens with one attached hydrogen (secondary N) is 2. The minimum atomic E-state index is -0.407. The van der Waals surface area contributed by atoms with Gasteiger partial charge in [0.25, 0.3) is 5.91 Å². The molecule has 0 fully saturated rings. The Kier molecular flexibility index (Phi) is 8.68. The van der Waals surface area contributed by atoms with E-state index in [-0.39, 0.29) is 11.7 Å². The molecule has 0 saturated carbocycles. The predicted molar refractivity (Wildman–Crippen MR) is 117 cm³/mol. The van der Waals surface area contributed by atoms with Crippen molar-refractivity contribution in [3.8, 4) is 5.75 Å². The number of rotatable bonds is 11. The van der Waals surface area contributed by atoms with Gasteiger partial charge in [0.1, 0.15) is 5.75 Å². The monoisotopic (exact) mass is 397 g/mol. The summed E-state index contributed by atoms with van der Waals surface area (Å²) in [6.45, 7) is 9.31. The highest BCUT2D eigenvalue weighted by atomic mass is 16.5. The molecular weight excluding hydrogens is 366 g/mol. The first-order valence-electron chi connectivity index (χ1n) is 10.0. The third-order valence-corrected chi connectivity index (χ3v) is 4.89. The van der Waals surface area contributed by atoms with E-state index in [9.17, 15) is 9.59 Å². The Morgan fingerprint density at radius 3 is 2.38 bits per heavy atom. The number of hydrogen-bond acceptors (Lipinski definition) is 5. The Hall–Kier alpha value is -2.86. The van der Waals surface area contributed by atoms with Gasteiger partial charge in [0.2, 0.25) is 0 Å². The molecule has 29 heavy (non-hydrogen) atoms. The van der Waals surface area contributed by atoms with E-state index < -0.39 is 6.04 Å². The molecular formula is C23H31N3O3. The summed E-state index contributed by atoms with van der Waals surface area (Å²) in [5, 5.41) is 6.12. The molecule has 0 aromatic heterocycles. The molecule has 1 unspecified atom stereocenters. The Morgan fingerprint density at radius 1 is 1.07 bits per heavy atom. The van der Waals surface area contributed by atoms with Gasteiger partial charge >= 0.3 is 0 Å². The molecule has 6 nitrogen and oxygen atoms in total. The number of benzene rings is 2. The van der Waals surface area contributed by atoms with Crippen LogP contribution in [0.2, 0.25) is 0 Å². The van der Waals surface area contributed by atoms with Crippen LogP contribution in [0.4, 0.5) is 5.69 Å². The van der Waals surface area contributed by atoms with Gasteiger partial charge in [-0.3, -0.25) is 9.59 Å². The number of methoxy groups -OCH3 is 1. The van der Waals surface area contributed by atoms with Crippen molar-refractivity contribution in [1.82, 2.24) is 10.2 Å². The lowest BCUT2D eigenvalue weighted by Crippen LogP contribution is -2.34. The SMILES string of the molecule is CCN(CC)CCNC(=O)c1ccc(NC(C)C(=O)c2ccccc2)cc1OC. The fraction of sp³-hybridized carbons (Fsp3) is 0.391. The number of amides is 1. The van der Waals surface area contributed by atoms with Crippen LogP contribution in [0.3, 0.4) is 0 Å². The van der Waals surface area contributed by atoms with Gasteiger partial charge in [-0.2, -0.15) is 0 Å². The highest BCUT2D eigenvalue weighted by Gasteiger charge is 2.17. The maximum atomic E-state index is 12.5. The quantitative estimate of drug-likeness (QED) is 0.569. The van der Waals surface area contributed by atoms with Crippen molar-refractivity contribution in [2.45, 2.75) is 26.8 Å². The zero-order valence-corrected chi connectivity index (χ0v) is 17.7. The largest absolute Gasteiger partial charge is 0.496 e. The summed E-state index contributed by atoms with van der Waals surface area (Å²) < 4.78 is 5.41. The Balaban J connectivity index is 2.02. The van der Waals surface area contributed by atoms with Gasteiger partial charge in [-0.05, 0) is 32.1 Å². The number of anilines is 1. The van der Waals surface area contributed by atoms with E-state index in [1.54, 1.807) is 30.3 Å². The fourth-order valence-corrected chi connectivity index (χ4v) is 3.10. The van der Waals surface area contributed by atoms with Crippen molar-refractivity contribution in [2.75, 3.05) is 38.6 Å². The highest BCUT2D eigenvalue weighted by Crippen LogP contribution is 2.24. The Morgan fingerprint density at radius 2 is 1.76 bits per heavy atom. The second-order valence-corrected chi connectivity index (χ2v) is 6.79. The molecule has 2 aromatic rings. The summed E-state index contributed by atoms with van der Waals surface area (Å²) in [5.74, 6) is 0.298. The average molecular weight is 398 g/mol. The van der Waals surface area contributed by atoms with E-state index in [1.807, 2.05) is 25.1 Å². The maximum Gasteiger partial charge on any atom is 0.255 e. The van der Waals surface area contributed by atoms with Crippen molar-refractivity contribution in [2.24, 2.45) is 0 Å². The second kappa shape index (κ2) is 11.2. The highest BCUT2D eigenvalue weighted by molar-refractivity contribution is 6.01. The molecule has 1 atom stereocenters. The molecule has 0 bridgehead atoms. The van der Waals surface area contributed by atoms with Crippen LogP contribution >= 0.6 is 0 Å². The lowest BCUT2D eigenvalue weighted by molar-refractivity contribution is 0.0943. The molecule has 0 spiro atoms. The second-order valence-electron chi connectivity index (χ2n) is 6.79. The zero-order valence-electron chi connectivity index (χ0n) is 17.7. The number of ether oxygens (including phenoxy) is 1. The number of carbonyl (C=O) groups excluding carboxylic acids is 2. The van der Waals surface area contributed by atoms with E-state index in [4.69, 9.17) is 4.74 Å². The predicted octanol–water partition coefficient (Wildman–Crippen LogP) is 3.45. The Bertz CT molecular complexity index is 804. The first-order valence-corrected chi connectivity index (χ1v) is 10.0. The van der Waals surface area contributed by atoms with Crippen LogP contribution < -0.4 is 15.4 Å². The van der Waals surface area contributed by atoms with Gasteiger partial charge < -0.3 is 20.3 Å². The van der Waals surface area contributed by atoms with Crippen LogP contribution in [0, 0.1) is 0 Å².